The minimum atomic E-state index is -0.553. The number of hydrogen-bond acceptors (Lipinski definition) is 5. The molecule has 0 aliphatic carbocycles. The number of urea groups is 1. The summed E-state index contributed by atoms with van der Waals surface area (Å²) in [6.45, 7) is 0.920. The number of rotatable bonds is 4. The number of nitrogen functional groups attached to an aromatic ring is 1. The summed E-state index contributed by atoms with van der Waals surface area (Å²) < 4.78 is 0. The highest BCUT2D eigenvalue weighted by Crippen LogP contribution is 2.09. The maximum atomic E-state index is 10.3. The summed E-state index contributed by atoms with van der Waals surface area (Å²) in [5, 5.41) is 5.35. The molecular weight excluding hydrogens is 184 g/mol. The van der Waals surface area contributed by atoms with E-state index in [1.807, 2.05) is 0 Å². The average Bonchev–Trinajstić information content (AvgIpc) is 2.15. The van der Waals surface area contributed by atoms with Gasteiger partial charge in [0.1, 0.15) is 6.33 Å². The molecule has 0 unspecified atom stereocenters. The summed E-state index contributed by atoms with van der Waals surface area (Å²) in [7, 11) is 0. The third kappa shape index (κ3) is 3.13. The minimum absolute atomic E-state index is 0.415. The molecule has 0 saturated heterocycles. The molecule has 0 aliphatic heterocycles. The van der Waals surface area contributed by atoms with Gasteiger partial charge in [0.05, 0.1) is 11.9 Å². The Bertz CT molecular complexity index is 315. The molecule has 14 heavy (non-hydrogen) atoms. The standard InChI is InChI=1S/C7H12N6O/c8-5-3-10-4-13-6(5)11-1-2-12-7(9)14/h3-4H,1-2,8H2,(H3,9,12,14)(H,10,11,13). The van der Waals surface area contributed by atoms with Crippen LogP contribution in [0.4, 0.5) is 16.3 Å². The van der Waals surface area contributed by atoms with E-state index in [0.717, 1.165) is 0 Å². The van der Waals surface area contributed by atoms with Gasteiger partial charge in [-0.05, 0) is 0 Å². The number of nitrogens with two attached hydrogens (primary N) is 2. The van der Waals surface area contributed by atoms with Crippen molar-refractivity contribution < 1.29 is 4.79 Å². The van der Waals surface area contributed by atoms with E-state index in [-0.39, 0.29) is 0 Å². The van der Waals surface area contributed by atoms with Gasteiger partial charge in [0.2, 0.25) is 0 Å². The molecule has 0 saturated carbocycles. The van der Waals surface area contributed by atoms with E-state index in [4.69, 9.17) is 11.5 Å². The van der Waals surface area contributed by atoms with Crippen LogP contribution in [0.25, 0.3) is 0 Å². The monoisotopic (exact) mass is 196 g/mol. The maximum absolute atomic E-state index is 10.3. The summed E-state index contributed by atoms with van der Waals surface area (Å²) in [6.07, 6.45) is 2.89. The van der Waals surface area contributed by atoms with Gasteiger partial charge in [0.25, 0.3) is 0 Å². The Morgan fingerprint density at radius 2 is 2.29 bits per heavy atom. The van der Waals surface area contributed by atoms with Crippen LogP contribution in [0.5, 0.6) is 0 Å². The van der Waals surface area contributed by atoms with Crippen LogP contribution in [0.3, 0.4) is 0 Å². The van der Waals surface area contributed by atoms with Gasteiger partial charge in [0.15, 0.2) is 5.82 Å². The summed E-state index contributed by atoms with van der Waals surface area (Å²) in [5.74, 6) is 0.547. The maximum Gasteiger partial charge on any atom is 0.312 e. The van der Waals surface area contributed by atoms with Crippen molar-refractivity contribution >= 4 is 17.5 Å². The van der Waals surface area contributed by atoms with Crippen molar-refractivity contribution in [3.63, 3.8) is 0 Å². The van der Waals surface area contributed by atoms with E-state index < -0.39 is 6.03 Å². The highest BCUT2D eigenvalue weighted by molar-refractivity contribution is 5.71. The Kier molecular flexibility index (Phi) is 3.48. The summed E-state index contributed by atoms with van der Waals surface area (Å²) in [5.41, 5.74) is 10.9. The number of anilines is 2. The van der Waals surface area contributed by atoms with Crippen LogP contribution < -0.4 is 22.1 Å². The van der Waals surface area contributed by atoms with Crippen LogP contribution in [-0.4, -0.2) is 29.1 Å². The zero-order valence-corrected chi connectivity index (χ0v) is 7.53. The van der Waals surface area contributed by atoms with Crippen molar-refractivity contribution in [2.24, 2.45) is 5.73 Å². The van der Waals surface area contributed by atoms with Gasteiger partial charge in [-0.15, -0.1) is 0 Å². The molecule has 0 atom stereocenters. The molecule has 7 nitrogen and oxygen atoms in total. The topological polar surface area (TPSA) is 119 Å². The second-order valence-corrected chi connectivity index (χ2v) is 2.54. The second-order valence-electron chi connectivity index (χ2n) is 2.54. The first kappa shape index (κ1) is 10.0. The predicted octanol–water partition coefficient (Wildman–Crippen LogP) is -0.861. The normalized spacial score (nSPS) is 9.43. The molecule has 6 N–H and O–H groups in total. The molecule has 0 aliphatic rings. The van der Waals surface area contributed by atoms with E-state index in [0.29, 0.717) is 24.6 Å². The van der Waals surface area contributed by atoms with Crippen LogP contribution >= 0.6 is 0 Å². The molecule has 0 fully saturated rings. The van der Waals surface area contributed by atoms with Crippen LogP contribution in [-0.2, 0) is 0 Å². The molecule has 0 bridgehead atoms. The molecular formula is C7H12N6O. The number of aromatic nitrogens is 2. The Labute approximate surface area is 80.9 Å². The van der Waals surface area contributed by atoms with Crippen molar-refractivity contribution in [2.75, 3.05) is 24.1 Å². The van der Waals surface area contributed by atoms with Crippen LogP contribution in [0.1, 0.15) is 0 Å². The predicted molar refractivity (Wildman–Crippen MR) is 52.5 cm³/mol. The third-order valence-corrected chi connectivity index (χ3v) is 1.46. The van der Waals surface area contributed by atoms with E-state index in [9.17, 15) is 4.79 Å². The zero-order valence-electron chi connectivity index (χ0n) is 7.53. The van der Waals surface area contributed by atoms with E-state index in [1.165, 1.54) is 12.5 Å². The quantitative estimate of drug-likeness (QED) is 0.467. The second kappa shape index (κ2) is 4.85. The van der Waals surface area contributed by atoms with Crippen LogP contribution in [0.15, 0.2) is 12.5 Å². The molecule has 0 aromatic carbocycles. The molecule has 0 spiro atoms. The lowest BCUT2D eigenvalue weighted by atomic mass is 10.4. The molecule has 1 heterocycles. The van der Waals surface area contributed by atoms with Crippen molar-refractivity contribution in [2.45, 2.75) is 0 Å². The van der Waals surface area contributed by atoms with Crippen molar-refractivity contribution in [3.8, 4) is 0 Å². The fraction of sp³-hybridized carbons (Fsp3) is 0.286. The SMILES string of the molecule is NC(=O)NCCNc1ncncc1N. The van der Waals surface area contributed by atoms with Gasteiger partial charge in [-0.1, -0.05) is 0 Å². The van der Waals surface area contributed by atoms with E-state index in [1.54, 1.807) is 0 Å². The van der Waals surface area contributed by atoms with E-state index >= 15 is 0 Å². The first-order valence-corrected chi connectivity index (χ1v) is 4.03. The Morgan fingerprint density at radius 1 is 1.50 bits per heavy atom. The van der Waals surface area contributed by atoms with Crippen molar-refractivity contribution in [1.29, 1.82) is 0 Å². The third-order valence-electron chi connectivity index (χ3n) is 1.46. The lowest BCUT2D eigenvalue weighted by molar-refractivity contribution is 0.249. The van der Waals surface area contributed by atoms with Gasteiger partial charge in [-0.2, -0.15) is 0 Å². The minimum Gasteiger partial charge on any atom is -0.394 e. The molecule has 1 rings (SSSR count). The number of carbonyl (C=O) groups is 1. The molecule has 1 aromatic heterocycles. The highest BCUT2D eigenvalue weighted by atomic mass is 16.2. The molecule has 76 valence electrons. The van der Waals surface area contributed by atoms with Crippen LogP contribution in [0, 0.1) is 0 Å². The largest absolute Gasteiger partial charge is 0.394 e. The van der Waals surface area contributed by atoms with Crippen LogP contribution in [0.2, 0.25) is 0 Å². The van der Waals surface area contributed by atoms with Gasteiger partial charge in [0, 0.05) is 13.1 Å². The average molecular weight is 196 g/mol. The lowest BCUT2D eigenvalue weighted by Crippen LogP contribution is -2.33. The fourth-order valence-electron chi connectivity index (χ4n) is 0.855. The van der Waals surface area contributed by atoms with E-state index in [2.05, 4.69) is 20.6 Å². The zero-order chi connectivity index (χ0) is 10.4. The number of carbonyl (C=O) groups excluding carboxylic acids is 1. The van der Waals surface area contributed by atoms with Gasteiger partial charge in [-0.3, -0.25) is 0 Å². The summed E-state index contributed by atoms with van der Waals surface area (Å²) in [6, 6.07) is -0.553. The number of nitrogens with one attached hydrogen (secondary N) is 2. The van der Waals surface area contributed by atoms with Crippen molar-refractivity contribution in [1.82, 2.24) is 15.3 Å². The Morgan fingerprint density at radius 3 is 2.93 bits per heavy atom. The molecule has 7 heteroatoms. The highest BCUT2D eigenvalue weighted by Gasteiger charge is 1.98. The lowest BCUT2D eigenvalue weighted by Gasteiger charge is -2.06. The molecule has 0 radical (unpaired) electrons. The summed E-state index contributed by atoms with van der Waals surface area (Å²) >= 11 is 0. The number of amides is 2. The molecule has 1 aromatic rings. The number of nitrogens with zero attached hydrogens (tertiary/aromatic N) is 2. The van der Waals surface area contributed by atoms with Gasteiger partial charge < -0.3 is 22.1 Å². The van der Waals surface area contributed by atoms with Gasteiger partial charge >= 0.3 is 6.03 Å². The summed E-state index contributed by atoms with van der Waals surface area (Å²) in [4.78, 5) is 17.9. The number of hydrogen-bond donors (Lipinski definition) is 4. The first-order chi connectivity index (χ1) is 6.70. The first-order valence-electron chi connectivity index (χ1n) is 4.03. The number of primary amides is 1. The van der Waals surface area contributed by atoms with Crippen molar-refractivity contribution in [3.05, 3.63) is 12.5 Å². The fourth-order valence-corrected chi connectivity index (χ4v) is 0.855. The Hall–Kier alpha value is -2.05. The smallest absolute Gasteiger partial charge is 0.312 e. The molecule has 2 amide bonds. The van der Waals surface area contributed by atoms with Gasteiger partial charge in [-0.25, -0.2) is 14.8 Å². The Balaban J connectivity index is 2.31.